The summed E-state index contributed by atoms with van der Waals surface area (Å²) in [4.78, 5) is 14.0. The molecule has 0 aliphatic heterocycles. The molecule has 0 aromatic carbocycles. The van der Waals surface area contributed by atoms with Crippen LogP contribution in [0.25, 0.3) is 0 Å². The van der Waals surface area contributed by atoms with Crippen molar-refractivity contribution in [2.45, 2.75) is 65.3 Å². The van der Waals surface area contributed by atoms with Crippen LogP contribution in [0.1, 0.15) is 65.5 Å². The number of fused-ring (bicyclic) bond motifs is 1. The molecule has 0 bridgehead atoms. The Morgan fingerprint density at radius 1 is 1.31 bits per heavy atom. The number of rotatable bonds is 7. The normalized spacial score (nSPS) is 13.9. The summed E-state index contributed by atoms with van der Waals surface area (Å²) >= 11 is 7.14. The minimum atomic E-state index is -0.245. The molecule has 29 heavy (non-hydrogen) atoms. The number of thiophene rings is 1. The van der Waals surface area contributed by atoms with Crippen molar-refractivity contribution < 1.29 is 9.53 Å². The number of thiocarbonyl (C=S) groups is 1. The number of carbonyl (C=O) groups is 1. The molecule has 0 radical (unpaired) electrons. The highest BCUT2D eigenvalue weighted by Gasteiger charge is 2.25. The van der Waals surface area contributed by atoms with Crippen molar-refractivity contribution in [3.63, 3.8) is 0 Å². The van der Waals surface area contributed by atoms with Gasteiger partial charge in [0.15, 0.2) is 5.11 Å². The molecule has 0 spiro atoms. The molecule has 0 fully saturated rings. The van der Waals surface area contributed by atoms with Gasteiger partial charge in [-0.05, 0) is 69.8 Å². The second kappa shape index (κ2) is 10.7. The first-order valence-corrected chi connectivity index (χ1v) is 11.7. The van der Waals surface area contributed by atoms with E-state index in [0.29, 0.717) is 17.3 Å². The average Bonchev–Trinajstić information content (AvgIpc) is 3.22. The van der Waals surface area contributed by atoms with Crippen LogP contribution in [0.3, 0.4) is 0 Å². The van der Waals surface area contributed by atoms with E-state index >= 15 is 0 Å². The van der Waals surface area contributed by atoms with E-state index in [2.05, 4.69) is 15.7 Å². The zero-order valence-corrected chi connectivity index (χ0v) is 18.9. The first-order chi connectivity index (χ1) is 14.1. The van der Waals surface area contributed by atoms with Gasteiger partial charge in [0.25, 0.3) is 0 Å². The zero-order valence-electron chi connectivity index (χ0n) is 17.3. The largest absolute Gasteiger partial charge is 0.462 e. The fraction of sp³-hybridized carbons (Fsp3) is 0.571. The van der Waals surface area contributed by atoms with E-state index in [4.69, 9.17) is 17.0 Å². The highest BCUT2D eigenvalue weighted by molar-refractivity contribution is 7.80. The highest BCUT2D eigenvalue weighted by atomic mass is 32.1. The number of hydrogen-bond donors (Lipinski definition) is 2. The van der Waals surface area contributed by atoms with E-state index in [0.717, 1.165) is 55.0 Å². The number of nitrogens with one attached hydrogen (secondary N) is 2. The molecule has 2 aromatic heterocycles. The quantitative estimate of drug-likeness (QED) is 0.381. The molecule has 6 nitrogen and oxygen atoms in total. The van der Waals surface area contributed by atoms with E-state index in [1.807, 2.05) is 30.8 Å². The van der Waals surface area contributed by atoms with Gasteiger partial charge in [-0.1, -0.05) is 12.8 Å². The molecule has 3 rings (SSSR count). The van der Waals surface area contributed by atoms with Crippen molar-refractivity contribution in [1.29, 1.82) is 0 Å². The lowest BCUT2D eigenvalue weighted by atomic mass is 9.96. The van der Waals surface area contributed by atoms with Gasteiger partial charge in [-0.15, -0.1) is 11.3 Å². The second-order valence-corrected chi connectivity index (χ2v) is 8.81. The number of hydrogen-bond acceptors (Lipinski definition) is 5. The average molecular weight is 435 g/mol. The number of carbonyl (C=O) groups excluding carboxylic acids is 1. The number of ether oxygens (including phenoxy) is 1. The third-order valence-corrected chi connectivity index (χ3v) is 6.46. The van der Waals surface area contributed by atoms with Gasteiger partial charge in [0.2, 0.25) is 0 Å². The van der Waals surface area contributed by atoms with Gasteiger partial charge in [-0.3, -0.25) is 4.68 Å². The third kappa shape index (κ3) is 6.02. The summed E-state index contributed by atoms with van der Waals surface area (Å²) in [6.07, 6.45) is 9.62. The zero-order chi connectivity index (χ0) is 20.6. The van der Waals surface area contributed by atoms with Crippen molar-refractivity contribution in [3.8, 4) is 0 Å². The molecule has 1 aliphatic carbocycles. The van der Waals surface area contributed by atoms with Crippen LogP contribution >= 0.6 is 23.6 Å². The Bertz CT molecular complexity index is 844. The maximum atomic E-state index is 12.7. The van der Waals surface area contributed by atoms with Gasteiger partial charge in [0.05, 0.1) is 17.9 Å². The highest BCUT2D eigenvalue weighted by Crippen LogP contribution is 2.37. The summed E-state index contributed by atoms with van der Waals surface area (Å²) in [5.74, 6) is -0.245. The third-order valence-electron chi connectivity index (χ3n) is 5.00. The van der Waals surface area contributed by atoms with Crippen LogP contribution < -0.4 is 10.6 Å². The first-order valence-electron chi connectivity index (χ1n) is 10.4. The number of aromatic nitrogens is 2. The van der Waals surface area contributed by atoms with Gasteiger partial charge < -0.3 is 15.4 Å². The number of anilines is 1. The summed E-state index contributed by atoms with van der Waals surface area (Å²) in [5.41, 5.74) is 2.87. The standard InChI is InChI=1S/C21H30N4O2S2/c1-3-27-20(26)18-16-9-6-4-5-7-10-17(16)29-19(18)23-21(28)22-12-8-13-25-14-11-15(2)24-25/h11,14H,3-10,12-13H2,1-2H3,(H2,22,23,28). The lowest BCUT2D eigenvalue weighted by Gasteiger charge is -2.12. The number of aryl methyl sites for hydroxylation is 3. The van der Waals surface area contributed by atoms with Gasteiger partial charge in [0.1, 0.15) is 5.00 Å². The van der Waals surface area contributed by atoms with Crippen molar-refractivity contribution >= 4 is 39.6 Å². The van der Waals surface area contributed by atoms with E-state index in [-0.39, 0.29) is 5.97 Å². The lowest BCUT2D eigenvalue weighted by Crippen LogP contribution is -2.30. The molecule has 158 valence electrons. The Morgan fingerprint density at radius 3 is 2.83 bits per heavy atom. The Hall–Kier alpha value is -1.93. The van der Waals surface area contributed by atoms with Gasteiger partial charge in [-0.2, -0.15) is 5.10 Å². The van der Waals surface area contributed by atoms with Crippen LogP contribution in [-0.4, -0.2) is 34.0 Å². The number of esters is 1. The Balaban J connectivity index is 1.62. The molecule has 0 amide bonds. The molecular formula is C21H30N4O2S2. The summed E-state index contributed by atoms with van der Waals surface area (Å²) in [7, 11) is 0. The van der Waals surface area contributed by atoms with Crippen LogP contribution in [0, 0.1) is 6.92 Å². The lowest BCUT2D eigenvalue weighted by molar-refractivity contribution is 0.0526. The maximum absolute atomic E-state index is 12.7. The van der Waals surface area contributed by atoms with E-state index < -0.39 is 0 Å². The van der Waals surface area contributed by atoms with Crippen LogP contribution in [0.2, 0.25) is 0 Å². The fourth-order valence-corrected chi connectivity index (χ4v) is 5.16. The predicted molar refractivity (Wildman–Crippen MR) is 122 cm³/mol. The molecule has 0 saturated heterocycles. The molecule has 0 saturated carbocycles. The molecule has 0 atom stereocenters. The van der Waals surface area contributed by atoms with Crippen LogP contribution in [-0.2, 0) is 24.1 Å². The molecule has 8 heteroatoms. The summed E-state index contributed by atoms with van der Waals surface area (Å²) in [6, 6.07) is 2.00. The minimum absolute atomic E-state index is 0.245. The van der Waals surface area contributed by atoms with Gasteiger partial charge in [0, 0.05) is 24.2 Å². The molecule has 2 heterocycles. The molecule has 2 aromatic rings. The van der Waals surface area contributed by atoms with Crippen molar-refractivity contribution in [2.75, 3.05) is 18.5 Å². The topological polar surface area (TPSA) is 68.2 Å². The van der Waals surface area contributed by atoms with E-state index in [1.165, 1.54) is 24.1 Å². The minimum Gasteiger partial charge on any atom is -0.462 e. The number of nitrogens with zero attached hydrogens (tertiary/aromatic N) is 2. The smallest absolute Gasteiger partial charge is 0.341 e. The van der Waals surface area contributed by atoms with E-state index in [1.54, 1.807) is 11.3 Å². The second-order valence-electron chi connectivity index (χ2n) is 7.30. The van der Waals surface area contributed by atoms with Gasteiger partial charge in [-0.25, -0.2) is 4.79 Å². The van der Waals surface area contributed by atoms with Crippen molar-refractivity contribution in [2.24, 2.45) is 0 Å². The predicted octanol–water partition coefficient (Wildman–Crippen LogP) is 4.47. The molecule has 0 unspecified atom stereocenters. The Labute approximate surface area is 182 Å². The molecule has 2 N–H and O–H groups in total. The Kier molecular flexibility index (Phi) is 8.06. The molecular weight excluding hydrogens is 404 g/mol. The van der Waals surface area contributed by atoms with Crippen LogP contribution in [0.4, 0.5) is 5.00 Å². The van der Waals surface area contributed by atoms with Gasteiger partial charge >= 0.3 is 5.97 Å². The summed E-state index contributed by atoms with van der Waals surface area (Å²) in [5, 5.41) is 12.3. The monoisotopic (exact) mass is 434 g/mol. The first kappa shape index (κ1) is 21.8. The maximum Gasteiger partial charge on any atom is 0.341 e. The van der Waals surface area contributed by atoms with Crippen molar-refractivity contribution in [1.82, 2.24) is 15.1 Å². The van der Waals surface area contributed by atoms with E-state index in [9.17, 15) is 4.79 Å². The summed E-state index contributed by atoms with van der Waals surface area (Å²) < 4.78 is 7.29. The summed E-state index contributed by atoms with van der Waals surface area (Å²) in [6.45, 7) is 5.78. The Morgan fingerprint density at radius 2 is 2.10 bits per heavy atom. The van der Waals surface area contributed by atoms with Crippen LogP contribution in [0.15, 0.2) is 12.3 Å². The van der Waals surface area contributed by atoms with Crippen molar-refractivity contribution in [3.05, 3.63) is 34.0 Å². The SMILES string of the molecule is CCOC(=O)c1c(NC(=S)NCCCn2ccc(C)n2)sc2c1CCCCCC2. The fourth-order valence-electron chi connectivity index (χ4n) is 3.60. The van der Waals surface area contributed by atoms with Crippen LogP contribution in [0.5, 0.6) is 0 Å². The molecule has 1 aliphatic rings.